The zero-order valence-electron chi connectivity index (χ0n) is 21.3. The number of hydrogen-bond acceptors (Lipinski definition) is 5. The van der Waals surface area contributed by atoms with Crippen LogP contribution in [0.2, 0.25) is 0 Å². The second-order valence-electron chi connectivity index (χ2n) is 9.96. The van der Waals surface area contributed by atoms with Gasteiger partial charge in [-0.15, -0.1) is 0 Å². The second-order valence-corrected chi connectivity index (χ2v) is 9.96. The van der Waals surface area contributed by atoms with Crippen molar-refractivity contribution in [2.24, 2.45) is 5.92 Å². The van der Waals surface area contributed by atoms with Crippen LogP contribution >= 0.6 is 0 Å². The van der Waals surface area contributed by atoms with Gasteiger partial charge < -0.3 is 19.9 Å². The maximum Gasteiger partial charge on any atom is 0.263 e. The van der Waals surface area contributed by atoms with Crippen LogP contribution in [0.25, 0.3) is 22.3 Å². The number of hydrogen-bond donors (Lipinski definition) is 2. The lowest BCUT2D eigenvalue weighted by Crippen LogP contribution is -2.53. The highest BCUT2D eigenvalue weighted by Gasteiger charge is 2.33. The number of aryl methyl sites for hydroxylation is 1. The number of carbonyl (C=O) groups excluding carboxylic acids is 2. The van der Waals surface area contributed by atoms with Crippen LogP contribution in [-0.2, 0) is 4.79 Å². The Bertz CT molecular complexity index is 1360. The predicted molar refractivity (Wildman–Crippen MR) is 135 cm³/mol. The summed E-state index contributed by atoms with van der Waals surface area (Å²) < 4.78 is 47.9. The molecule has 1 aromatic carbocycles. The second kappa shape index (κ2) is 10.6. The SMILES string of the molecule is CCC(=O)N1CC[C@@H](NC(=O)c2c(C)[nH]c3c(-c4cc(C(F)F)ccc4OCC4CC4)ncnc23)[C@H](F)C1. The van der Waals surface area contributed by atoms with Gasteiger partial charge in [0, 0.05) is 29.8 Å². The number of benzene rings is 1. The lowest BCUT2D eigenvalue weighted by Gasteiger charge is -2.35. The van der Waals surface area contributed by atoms with E-state index >= 15 is 0 Å². The third kappa shape index (κ3) is 5.19. The average Bonchev–Trinajstić information content (AvgIpc) is 3.67. The molecule has 1 aliphatic carbocycles. The Hall–Kier alpha value is -3.63. The number of carbonyl (C=O) groups is 2. The largest absolute Gasteiger partial charge is 0.493 e. The minimum atomic E-state index is -2.68. The van der Waals surface area contributed by atoms with Crippen LogP contribution in [0.4, 0.5) is 13.2 Å². The fourth-order valence-corrected chi connectivity index (χ4v) is 4.85. The molecule has 2 aliphatic rings. The van der Waals surface area contributed by atoms with Gasteiger partial charge in [0.2, 0.25) is 5.91 Å². The molecule has 0 bridgehead atoms. The topological polar surface area (TPSA) is 100 Å². The molecular formula is C27H30F3N5O3. The van der Waals surface area contributed by atoms with Gasteiger partial charge >= 0.3 is 0 Å². The molecule has 3 aromatic rings. The van der Waals surface area contributed by atoms with Crippen molar-refractivity contribution in [1.29, 1.82) is 0 Å². The highest BCUT2D eigenvalue weighted by Crippen LogP contribution is 2.38. The third-order valence-corrected chi connectivity index (χ3v) is 7.19. The van der Waals surface area contributed by atoms with Crippen LogP contribution in [0.15, 0.2) is 24.5 Å². The van der Waals surface area contributed by atoms with Gasteiger partial charge in [-0.25, -0.2) is 23.1 Å². The van der Waals surface area contributed by atoms with E-state index < -0.39 is 24.5 Å². The van der Waals surface area contributed by atoms with Crippen molar-refractivity contribution in [2.45, 2.75) is 58.2 Å². The molecule has 202 valence electrons. The molecule has 1 saturated heterocycles. The number of likely N-dealkylation sites (tertiary alicyclic amines) is 1. The number of piperidine rings is 1. The van der Waals surface area contributed by atoms with Gasteiger partial charge in [-0.05, 0) is 50.3 Å². The number of aromatic amines is 1. The summed E-state index contributed by atoms with van der Waals surface area (Å²) >= 11 is 0. The highest BCUT2D eigenvalue weighted by atomic mass is 19.3. The van der Waals surface area contributed by atoms with Gasteiger partial charge in [0.05, 0.1) is 30.3 Å². The molecule has 1 aliphatic heterocycles. The van der Waals surface area contributed by atoms with Gasteiger partial charge in [-0.3, -0.25) is 9.59 Å². The Morgan fingerprint density at radius 2 is 2.03 bits per heavy atom. The number of amides is 2. The number of rotatable bonds is 8. The standard InChI is InChI=1S/C27H30F3N5O3/c1-3-21(36)35-9-8-19(18(28)11-35)34-27(37)22-14(2)33-25-23(31-13-32-24(22)25)17-10-16(26(29)30)6-7-20(17)38-12-15-4-5-15/h6-7,10,13,15,18-19,26,33H,3-5,8-9,11-12H2,1-2H3,(H,34,37)/t18-,19-/m1/s1. The molecule has 2 fully saturated rings. The number of alkyl halides is 3. The fraction of sp³-hybridized carbons (Fsp3) is 0.481. The normalized spacial score (nSPS) is 19.7. The Balaban J connectivity index is 1.45. The Morgan fingerprint density at radius 1 is 1.24 bits per heavy atom. The molecule has 1 saturated carbocycles. The van der Waals surface area contributed by atoms with Gasteiger partial charge in [-0.2, -0.15) is 0 Å². The van der Waals surface area contributed by atoms with Crippen molar-refractivity contribution in [1.82, 2.24) is 25.2 Å². The van der Waals surface area contributed by atoms with E-state index in [1.165, 1.54) is 29.4 Å². The maximum absolute atomic E-state index is 14.9. The van der Waals surface area contributed by atoms with Crippen molar-refractivity contribution in [3.63, 3.8) is 0 Å². The molecule has 0 spiro atoms. The summed E-state index contributed by atoms with van der Waals surface area (Å²) in [6.45, 7) is 4.20. The summed E-state index contributed by atoms with van der Waals surface area (Å²) in [7, 11) is 0. The minimum Gasteiger partial charge on any atom is -0.493 e. The summed E-state index contributed by atoms with van der Waals surface area (Å²) in [6.07, 6.45) is -0.0658. The van der Waals surface area contributed by atoms with E-state index in [1.807, 2.05) is 0 Å². The van der Waals surface area contributed by atoms with E-state index in [2.05, 4.69) is 20.3 Å². The smallest absolute Gasteiger partial charge is 0.263 e. The molecule has 5 rings (SSSR count). The van der Waals surface area contributed by atoms with E-state index in [-0.39, 0.29) is 23.6 Å². The number of H-pyrrole nitrogens is 1. The molecule has 0 unspecified atom stereocenters. The molecule has 2 atom stereocenters. The van der Waals surface area contributed by atoms with Crippen LogP contribution in [-0.4, -0.2) is 63.6 Å². The predicted octanol–water partition coefficient (Wildman–Crippen LogP) is 4.74. The first-order chi connectivity index (χ1) is 18.3. The van der Waals surface area contributed by atoms with Gasteiger partial charge in [0.15, 0.2) is 0 Å². The number of halogens is 3. The van der Waals surface area contributed by atoms with Gasteiger partial charge in [0.1, 0.15) is 29.5 Å². The molecule has 2 N–H and O–H groups in total. The van der Waals surface area contributed by atoms with Gasteiger partial charge in [-0.1, -0.05) is 6.92 Å². The van der Waals surface area contributed by atoms with Crippen molar-refractivity contribution in [3.8, 4) is 17.0 Å². The first kappa shape index (κ1) is 26.0. The van der Waals surface area contributed by atoms with E-state index in [9.17, 15) is 22.8 Å². The van der Waals surface area contributed by atoms with Crippen molar-refractivity contribution in [2.75, 3.05) is 19.7 Å². The molecule has 0 radical (unpaired) electrons. The van der Waals surface area contributed by atoms with Crippen LogP contribution in [0.3, 0.4) is 0 Å². The average molecular weight is 530 g/mol. The first-order valence-electron chi connectivity index (χ1n) is 12.9. The number of fused-ring (bicyclic) bond motifs is 1. The monoisotopic (exact) mass is 529 g/mol. The van der Waals surface area contributed by atoms with Crippen molar-refractivity contribution >= 4 is 22.8 Å². The summed E-state index contributed by atoms with van der Waals surface area (Å²) in [5.41, 5.74) is 1.95. The Morgan fingerprint density at radius 3 is 2.71 bits per heavy atom. The molecular weight excluding hydrogens is 499 g/mol. The number of ether oxygens (including phenoxy) is 1. The van der Waals surface area contributed by atoms with Crippen LogP contribution in [0.5, 0.6) is 5.75 Å². The minimum absolute atomic E-state index is 0.0685. The summed E-state index contributed by atoms with van der Waals surface area (Å²) in [4.78, 5) is 38.5. The van der Waals surface area contributed by atoms with Crippen LogP contribution in [0, 0.1) is 12.8 Å². The summed E-state index contributed by atoms with van der Waals surface area (Å²) in [6, 6.07) is 3.46. The Kier molecular flexibility index (Phi) is 7.27. The zero-order valence-corrected chi connectivity index (χ0v) is 21.3. The number of nitrogens with one attached hydrogen (secondary N) is 2. The third-order valence-electron chi connectivity index (χ3n) is 7.19. The van der Waals surface area contributed by atoms with E-state index in [1.54, 1.807) is 13.8 Å². The summed E-state index contributed by atoms with van der Waals surface area (Å²) in [5, 5.41) is 2.76. The van der Waals surface area contributed by atoms with Crippen LogP contribution in [0.1, 0.15) is 60.6 Å². The molecule has 3 heterocycles. The maximum atomic E-state index is 14.9. The molecule has 8 nitrogen and oxygen atoms in total. The molecule has 11 heteroatoms. The Labute approximate surface area is 218 Å². The van der Waals surface area contributed by atoms with Crippen LogP contribution < -0.4 is 10.1 Å². The van der Waals surface area contributed by atoms with E-state index in [4.69, 9.17) is 4.74 Å². The summed E-state index contributed by atoms with van der Waals surface area (Å²) in [5.74, 6) is 0.254. The van der Waals surface area contributed by atoms with E-state index in [0.29, 0.717) is 65.6 Å². The van der Waals surface area contributed by atoms with Crippen molar-refractivity contribution < 1.29 is 27.5 Å². The van der Waals surface area contributed by atoms with E-state index in [0.717, 1.165) is 12.8 Å². The zero-order chi connectivity index (χ0) is 27.0. The molecule has 2 amide bonds. The lowest BCUT2D eigenvalue weighted by atomic mass is 10.0. The fourth-order valence-electron chi connectivity index (χ4n) is 4.85. The molecule has 38 heavy (non-hydrogen) atoms. The van der Waals surface area contributed by atoms with Gasteiger partial charge in [0.25, 0.3) is 12.3 Å². The quantitative estimate of drug-likeness (QED) is 0.439. The number of aromatic nitrogens is 3. The highest BCUT2D eigenvalue weighted by molar-refractivity contribution is 6.09. The lowest BCUT2D eigenvalue weighted by molar-refractivity contribution is -0.133. The molecule has 2 aromatic heterocycles. The first-order valence-corrected chi connectivity index (χ1v) is 12.9. The number of nitrogens with zero attached hydrogens (tertiary/aromatic N) is 3. The van der Waals surface area contributed by atoms with Crippen molar-refractivity contribution in [3.05, 3.63) is 41.3 Å².